The standard InChI is InChI=1S/C9H20N2O2/c1-2-3-4-5-6-7-8-10-9(12)11-13/h13H,2-8H2,1H3,(H2,10,11,12). The number of hydrogen-bond donors (Lipinski definition) is 3. The molecule has 0 spiro atoms. The molecule has 13 heavy (non-hydrogen) atoms. The maximum absolute atomic E-state index is 10.5. The van der Waals surface area contributed by atoms with Crippen LogP contribution in [0.3, 0.4) is 0 Å². The Morgan fingerprint density at radius 3 is 2.38 bits per heavy atom. The van der Waals surface area contributed by atoms with Gasteiger partial charge in [-0.15, -0.1) is 0 Å². The molecule has 0 aromatic carbocycles. The third kappa shape index (κ3) is 9.14. The molecule has 78 valence electrons. The monoisotopic (exact) mass is 188 g/mol. The van der Waals surface area contributed by atoms with E-state index in [9.17, 15) is 4.79 Å². The quantitative estimate of drug-likeness (QED) is 0.325. The van der Waals surface area contributed by atoms with Gasteiger partial charge in [0.05, 0.1) is 0 Å². The van der Waals surface area contributed by atoms with Gasteiger partial charge in [-0.2, -0.15) is 0 Å². The third-order valence-electron chi connectivity index (χ3n) is 1.92. The van der Waals surface area contributed by atoms with Crippen molar-refractivity contribution in [1.82, 2.24) is 10.8 Å². The van der Waals surface area contributed by atoms with Crippen LogP contribution in [0.25, 0.3) is 0 Å². The normalized spacial score (nSPS) is 9.69. The third-order valence-corrected chi connectivity index (χ3v) is 1.92. The minimum atomic E-state index is -0.520. The van der Waals surface area contributed by atoms with Crippen LogP contribution in [0, 0.1) is 0 Å². The zero-order chi connectivity index (χ0) is 9.94. The van der Waals surface area contributed by atoms with Crippen LogP contribution in [0.1, 0.15) is 45.4 Å². The molecule has 4 nitrogen and oxygen atoms in total. The van der Waals surface area contributed by atoms with Crippen LogP contribution >= 0.6 is 0 Å². The lowest BCUT2D eigenvalue weighted by Crippen LogP contribution is -2.33. The summed E-state index contributed by atoms with van der Waals surface area (Å²) in [6.45, 7) is 2.83. The number of urea groups is 1. The molecule has 4 heteroatoms. The van der Waals surface area contributed by atoms with E-state index in [2.05, 4.69) is 12.2 Å². The molecule has 0 aliphatic heterocycles. The van der Waals surface area contributed by atoms with Crippen LogP contribution < -0.4 is 10.8 Å². The molecule has 0 radical (unpaired) electrons. The van der Waals surface area contributed by atoms with Gasteiger partial charge in [0, 0.05) is 6.54 Å². The average Bonchev–Trinajstić information content (AvgIpc) is 2.16. The fourth-order valence-electron chi connectivity index (χ4n) is 1.15. The van der Waals surface area contributed by atoms with E-state index in [-0.39, 0.29) is 0 Å². The SMILES string of the molecule is CCCCCCCCNC(=O)NO. The minimum Gasteiger partial charge on any atom is -0.336 e. The van der Waals surface area contributed by atoms with Gasteiger partial charge in [0.1, 0.15) is 0 Å². The second-order valence-corrected chi connectivity index (χ2v) is 3.14. The van der Waals surface area contributed by atoms with E-state index in [1.807, 2.05) is 0 Å². The summed E-state index contributed by atoms with van der Waals surface area (Å²) < 4.78 is 0. The molecule has 0 aliphatic carbocycles. The second-order valence-electron chi connectivity index (χ2n) is 3.14. The molecular weight excluding hydrogens is 168 g/mol. The van der Waals surface area contributed by atoms with Crippen LogP contribution in [0.4, 0.5) is 4.79 Å². The number of amides is 2. The number of carbonyl (C=O) groups excluding carboxylic acids is 1. The van der Waals surface area contributed by atoms with Crippen molar-refractivity contribution in [2.75, 3.05) is 6.54 Å². The Labute approximate surface area is 79.7 Å². The summed E-state index contributed by atoms with van der Waals surface area (Å²) in [5.74, 6) is 0. The summed E-state index contributed by atoms with van der Waals surface area (Å²) in [6, 6.07) is -0.520. The maximum Gasteiger partial charge on any atom is 0.338 e. The predicted molar refractivity (Wildman–Crippen MR) is 51.7 cm³/mol. The van der Waals surface area contributed by atoms with Gasteiger partial charge in [0.15, 0.2) is 0 Å². The van der Waals surface area contributed by atoms with Crippen LogP contribution in [0.15, 0.2) is 0 Å². The highest BCUT2D eigenvalue weighted by Crippen LogP contribution is 2.03. The number of carbonyl (C=O) groups is 1. The van der Waals surface area contributed by atoms with Gasteiger partial charge >= 0.3 is 6.03 Å². The molecule has 3 N–H and O–H groups in total. The van der Waals surface area contributed by atoms with E-state index in [0.717, 1.165) is 12.8 Å². The predicted octanol–water partition coefficient (Wildman–Crippen LogP) is 2.04. The fraction of sp³-hybridized carbons (Fsp3) is 0.889. The van der Waals surface area contributed by atoms with Crippen molar-refractivity contribution in [3.8, 4) is 0 Å². The van der Waals surface area contributed by atoms with E-state index < -0.39 is 6.03 Å². The molecule has 0 bridgehead atoms. The highest BCUT2D eigenvalue weighted by atomic mass is 16.5. The van der Waals surface area contributed by atoms with Gasteiger partial charge in [0.25, 0.3) is 0 Å². The summed E-state index contributed by atoms with van der Waals surface area (Å²) >= 11 is 0. The molecule has 0 saturated carbocycles. The minimum absolute atomic E-state index is 0.520. The Balaban J connectivity index is 2.95. The lowest BCUT2D eigenvalue weighted by Gasteiger charge is -2.02. The van der Waals surface area contributed by atoms with Crippen LogP contribution in [-0.4, -0.2) is 17.8 Å². The second kappa shape index (κ2) is 9.32. The molecule has 0 aliphatic rings. The Kier molecular flexibility index (Phi) is 8.77. The molecule has 0 aromatic heterocycles. The molecule has 2 amide bonds. The largest absolute Gasteiger partial charge is 0.338 e. The van der Waals surface area contributed by atoms with Crippen molar-refractivity contribution in [2.45, 2.75) is 45.4 Å². The van der Waals surface area contributed by atoms with E-state index in [0.29, 0.717) is 6.54 Å². The number of rotatable bonds is 7. The number of nitrogens with one attached hydrogen (secondary N) is 2. The zero-order valence-corrected chi connectivity index (χ0v) is 8.31. The first-order valence-electron chi connectivity index (χ1n) is 4.99. The molecule has 0 unspecified atom stereocenters. The van der Waals surface area contributed by atoms with Gasteiger partial charge < -0.3 is 5.32 Å². The van der Waals surface area contributed by atoms with Gasteiger partial charge in [-0.1, -0.05) is 39.0 Å². The molecule has 0 aromatic rings. The van der Waals surface area contributed by atoms with Gasteiger partial charge in [-0.3, -0.25) is 5.21 Å². The highest BCUT2D eigenvalue weighted by molar-refractivity contribution is 5.72. The van der Waals surface area contributed by atoms with Gasteiger partial charge in [-0.25, -0.2) is 10.3 Å². The first-order valence-corrected chi connectivity index (χ1v) is 4.99. The van der Waals surface area contributed by atoms with Crippen molar-refractivity contribution in [3.05, 3.63) is 0 Å². The van der Waals surface area contributed by atoms with Crippen molar-refractivity contribution >= 4 is 6.03 Å². The Bertz CT molecular complexity index is 129. The van der Waals surface area contributed by atoms with Crippen LogP contribution in [-0.2, 0) is 0 Å². The lowest BCUT2D eigenvalue weighted by atomic mass is 10.1. The molecule has 0 heterocycles. The first-order chi connectivity index (χ1) is 6.31. The molecule has 0 atom stereocenters. The Morgan fingerprint density at radius 1 is 1.15 bits per heavy atom. The van der Waals surface area contributed by atoms with Crippen molar-refractivity contribution < 1.29 is 10.0 Å². The summed E-state index contributed by atoms with van der Waals surface area (Å²) in [5, 5.41) is 10.7. The number of unbranched alkanes of at least 4 members (excludes halogenated alkanes) is 5. The van der Waals surface area contributed by atoms with Crippen molar-refractivity contribution in [3.63, 3.8) is 0 Å². The molecule has 0 rings (SSSR count). The molecule has 0 saturated heterocycles. The number of hydrogen-bond acceptors (Lipinski definition) is 2. The van der Waals surface area contributed by atoms with E-state index in [4.69, 9.17) is 5.21 Å². The first kappa shape index (κ1) is 12.2. The van der Waals surface area contributed by atoms with Gasteiger partial charge in [0.2, 0.25) is 0 Å². The van der Waals surface area contributed by atoms with Gasteiger partial charge in [-0.05, 0) is 6.42 Å². The average molecular weight is 188 g/mol. The molecule has 0 fully saturated rings. The van der Waals surface area contributed by atoms with E-state index in [1.165, 1.54) is 31.2 Å². The number of hydroxylamine groups is 1. The van der Waals surface area contributed by atoms with Crippen LogP contribution in [0.2, 0.25) is 0 Å². The van der Waals surface area contributed by atoms with Crippen LogP contribution in [0.5, 0.6) is 0 Å². The zero-order valence-electron chi connectivity index (χ0n) is 8.31. The fourth-order valence-corrected chi connectivity index (χ4v) is 1.15. The maximum atomic E-state index is 10.5. The smallest absolute Gasteiger partial charge is 0.336 e. The van der Waals surface area contributed by atoms with Crippen molar-refractivity contribution in [1.29, 1.82) is 0 Å². The summed E-state index contributed by atoms with van der Waals surface area (Å²) in [5.41, 5.74) is 1.53. The highest BCUT2D eigenvalue weighted by Gasteiger charge is 1.94. The molecular formula is C9H20N2O2. The summed E-state index contributed by atoms with van der Waals surface area (Å²) in [6.07, 6.45) is 7.19. The van der Waals surface area contributed by atoms with E-state index in [1.54, 1.807) is 0 Å². The topological polar surface area (TPSA) is 61.4 Å². The lowest BCUT2D eigenvalue weighted by molar-refractivity contribution is 0.161. The Hall–Kier alpha value is -0.770. The Morgan fingerprint density at radius 2 is 1.77 bits per heavy atom. The summed E-state index contributed by atoms with van der Waals surface area (Å²) in [4.78, 5) is 10.5. The van der Waals surface area contributed by atoms with Crippen molar-refractivity contribution in [2.24, 2.45) is 0 Å². The van der Waals surface area contributed by atoms with E-state index >= 15 is 0 Å². The summed E-state index contributed by atoms with van der Waals surface area (Å²) in [7, 11) is 0.